The number of hydrogen-bond acceptors (Lipinski definition) is 6. The Kier molecular flexibility index (Phi) is 3.41. The molecule has 0 unspecified atom stereocenters. The van der Waals surface area contributed by atoms with Gasteiger partial charge in [0.25, 0.3) is 5.91 Å². The molecule has 3 N–H and O–H groups in total. The third kappa shape index (κ3) is 2.50. The first kappa shape index (κ1) is 13.3. The summed E-state index contributed by atoms with van der Waals surface area (Å²) in [5.41, 5.74) is 7.55. The van der Waals surface area contributed by atoms with Crippen molar-refractivity contribution in [2.75, 3.05) is 18.2 Å². The summed E-state index contributed by atoms with van der Waals surface area (Å²) in [6.45, 7) is 0. The summed E-state index contributed by atoms with van der Waals surface area (Å²) >= 11 is 1.22. The highest BCUT2D eigenvalue weighted by atomic mass is 32.1. The maximum atomic E-state index is 12.3. The molecule has 0 aliphatic heterocycles. The molecule has 1 aromatic carbocycles. The summed E-state index contributed by atoms with van der Waals surface area (Å²) in [7, 11) is 1.59. The van der Waals surface area contributed by atoms with Crippen LogP contribution >= 0.6 is 11.3 Å². The van der Waals surface area contributed by atoms with Crippen LogP contribution in [-0.4, -0.2) is 23.0 Å². The van der Waals surface area contributed by atoms with Crippen molar-refractivity contribution in [3.05, 3.63) is 41.5 Å². The molecule has 0 aliphatic rings. The Morgan fingerprint density at radius 1 is 1.24 bits per heavy atom. The summed E-state index contributed by atoms with van der Waals surface area (Å²) in [5, 5.41) is 2.79. The van der Waals surface area contributed by atoms with Crippen LogP contribution in [0.3, 0.4) is 0 Å². The molecule has 3 aromatic rings. The molecule has 0 saturated carbocycles. The fraction of sp³-hybridized carbons (Fsp3) is 0.0714. The first-order valence-electron chi connectivity index (χ1n) is 6.13. The minimum atomic E-state index is -0.275. The molecule has 0 spiro atoms. The third-order valence-electron chi connectivity index (χ3n) is 2.92. The third-order valence-corrected chi connectivity index (χ3v) is 4.02. The standard InChI is InChI=1S/C14H12N4O2S/c1-20-9-4-2-8(3-5-9)18-13(19)12-10(15)11-14(21-12)17-7-6-16-11/h2-7H,15H2,1H3,(H,18,19). The van der Waals surface area contributed by atoms with Crippen LogP contribution in [0.15, 0.2) is 36.7 Å². The fourth-order valence-corrected chi connectivity index (χ4v) is 2.79. The number of nitrogens with zero attached hydrogens (tertiary/aromatic N) is 2. The molecule has 106 valence electrons. The molecular formula is C14H12N4O2S. The Morgan fingerprint density at radius 3 is 2.62 bits per heavy atom. The van der Waals surface area contributed by atoms with Crippen LogP contribution in [0.2, 0.25) is 0 Å². The molecule has 0 saturated heterocycles. The summed E-state index contributed by atoms with van der Waals surface area (Å²) in [4.78, 5) is 21.6. The van der Waals surface area contributed by atoms with Gasteiger partial charge in [0, 0.05) is 18.1 Å². The summed E-state index contributed by atoms with van der Waals surface area (Å²) < 4.78 is 5.07. The van der Waals surface area contributed by atoms with Crippen molar-refractivity contribution < 1.29 is 9.53 Å². The number of aromatic nitrogens is 2. The van der Waals surface area contributed by atoms with Gasteiger partial charge in [0.2, 0.25) is 0 Å². The molecule has 0 aliphatic carbocycles. The van der Waals surface area contributed by atoms with Crippen LogP contribution < -0.4 is 15.8 Å². The zero-order valence-corrected chi connectivity index (χ0v) is 12.0. The van der Waals surface area contributed by atoms with Crippen molar-refractivity contribution >= 4 is 39.0 Å². The zero-order chi connectivity index (χ0) is 14.8. The minimum absolute atomic E-state index is 0.275. The largest absolute Gasteiger partial charge is 0.497 e. The van der Waals surface area contributed by atoms with Gasteiger partial charge in [-0.2, -0.15) is 0 Å². The molecule has 0 radical (unpaired) electrons. The summed E-state index contributed by atoms with van der Waals surface area (Å²) in [6.07, 6.45) is 3.13. The molecule has 1 amide bonds. The topological polar surface area (TPSA) is 90.1 Å². The van der Waals surface area contributed by atoms with E-state index in [0.29, 0.717) is 26.6 Å². The maximum absolute atomic E-state index is 12.3. The van der Waals surface area contributed by atoms with Crippen molar-refractivity contribution in [2.24, 2.45) is 0 Å². The number of ether oxygens (including phenoxy) is 1. The van der Waals surface area contributed by atoms with Crippen molar-refractivity contribution in [2.45, 2.75) is 0 Å². The summed E-state index contributed by atoms with van der Waals surface area (Å²) in [5.74, 6) is 0.449. The Labute approximate surface area is 124 Å². The van der Waals surface area contributed by atoms with Gasteiger partial charge in [-0.15, -0.1) is 11.3 Å². The quantitative estimate of drug-likeness (QED) is 0.775. The molecular weight excluding hydrogens is 288 g/mol. The Hall–Kier alpha value is -2.67. The molecule has 2 aromatic heterocycles. The van der Waals surface area contributed by atoms with Gasteiger partial charge in [0.1, 0.15) is 21.0 Å². The lowest BCUT2D eigenvalue weighted by molar-refractivity contribution is 0.103. The number of carbonyl (C=O) groups excluding carboxylic acids is 1. The second kappa shape index (κ2) is 5.37. The van der Waals surface area contributed by atoms with Gasteiger partial charge in [-0.25, -0.2) is 9.97 Å². The number of benzene rings is 1. The van der Waals surface area contributed by atoms with Crippen molar-refractivity contribution in [3.8, 4) is 5.75 Å². The Bertz CT molecular complexity index is 798. The molecule has 0 fully saturated rings. The predicted octanol–water partition coefficient (Wildman–Crippen LogP) is 2.53. The van der Waals surface area contributed by atoms with Crippen molar-refractivity contribution in [1.82, 2.24) is 9.97 Å². The molecule has 0 bridgehead atoms. The molecule has 0 atom stereocenters. The number of nitrogens with one attached hydrogen (secondary N) is 1. The van der Waals surface area contributed by atoms with E-state index in [0.717, 1.165) is 5.75 Å². The lowest BCUT2D eigenvalue weighted by Crippen LogP contribution is -2.11. The van der Waals surface area contributed by atoms with Crippen LogP contribution in [-0.2, 0) is 0 Å². The average molecular weight is 300 g/mol. The van der Waals surface area contributed by atoms with Gasteiger partial charge in [-0.1, -0.05) is 0 Å². The van der Waals surface area contributed by atoms with Crippen LogP contribution in [0.1, 0.15) is 9.67 Å². The minimum Gasteiger partial charge on any atom is -0.497 e. The number of anilines is 2. The van der Waals surface area contributed by atoms with Crippen LogP contribution in [0.5, 0.6) is 5.75 Å². The number of thiophene rings is 1. The molecule has 21 heavy (non-hydrogen) atoms. The zero-order valence-electron chi connectivity index (χ0n) is 11.2. The SMILES string of the molecule is COc1ccc(NC(=O)c2sc3nccnc3c2N)cc1. The predicted molar refractivity (Wildman–Crippen MR) is 82.8 cm³/mol. The fourth-order valence-electron chi connectivity index (χ4n) is 1.87. The Morgan fingerprint density at radius 2 is 1.95 bits per heavy atom. The molecule has 7 heteroatoms. The smallest absolute Gasteiger partial charge is 0.268 e. The van der Waals surface area contributed by atoms with Gasteiger partial charge in [-0.3, -0.25) is 4.79 Å². The van der Waals surface area contributed by atoms with Crippen molar-refractivity contribution in [1.29, 1.82) is 0 Å². The van der Waals surface area contributed by atoms with Gasteiger partial charge < -0.3 is 15.8 Å². The van der Waals surface area contributed by atoms with E-state index in [1.807, 2.05) is 0 Å². The highest BCUT2D eigenvalue weighted by Gasteiger charge is 2.17. The van der Waals surface area contributed by atoms with Crippen LogP contribution in [0, 0.1) is 0 Å². The van der Waals surface area contributed by atoms with E-state index in [1.54, 1.807) is 43.8 Å². The lowest BCUT2D eigenvalue weighted by atomic mass is 10.3. The van der Waals surface area contributed by atoms with E-state index in [9.17, 15) is 4.79 Å². The van der Waals surface area contributed by atoms with E-state index in [2.05, 4.69) is 15.3 Å². The first-order valence-corrected chi connectivity index (χ1v) is 6.95. The maximum Gasteiger partial charge on any atom is 0.268 e. The van der Waals surface area contributed by atoms with Gasteiger partial charge in [0.05, 0.1) is 12.8 Å². The first-order chi connectivity index (χ1) is 10.2. The number of carbonyl (C=O) groups is 1. The second-order valence-electron chi connectivity index (χ2n) is 4.24. The van der Waals surface area contributed by atoms with Gasteiger partial charge >= 0.3 is 0 Å². The van der Waals surface area contributed by atoms with Crippen LogP contribution in [0.4, 0.5) is 11.4 Å². The number of amides is 1. The van der Waals surface area contributed by atoms with Gasteiger partial charge in [0.15, 0.2) is 0 Å². The van der Waals surface area contributed by atoms with E-state index in [4.69, 9.17) is 10.5 Å². The number of rotatable bonds is 3. The average Bonchev–Trinajstić information content (AvgIpc) is 2.86. The molecule has 6 nitrogen and oxygen atoms in total. The summed E-state index contributed by atoms with van der Waals surface area (Å²) in [6, 6.07) is 7.06. The molecule has 3 rings (SSSR count). The monoisotopic (exact) mass is 300 g/mol. The van der Waals surface area contributed by atoms with E-state index >= 15 is 0 Å². The van der Waals surface area contributed by atoms with E-state index in [-0.39, 0.29) is 5.91 Å². The number of nitrogen functional groups attached to an aromatic ring is 1. The number of hydrogen-bond donors (Lipinski definition) is 2. The molecule has 2 heterocycles. The highest BCUT2D eigenvalue weighted by molar-refractivity contribution is 7.21. The number of fused-ring (bicyclic) bond motifs is 1. The number of methoxy groups -OCH3 is 1. The Balaban J connectivity index is 1.87. The van der Waals surface area contributed by atoms with Crippen LogP contribution in [0.25, 0.3) is 10.3 Å². The van der Waals surface area contributed by atoms with Crippen molar-refractivity contribution in [3.63, 3.8) is 0 Å². The lowest BCUT2D eigenvalue weighted by Gasteiger charge is -2.05. The normalized spacial score (nSPS) is 10.5. The van der Waals surface area contributed by atoms with E-state index < -0.39 is 0 Å². The second-order valence-corrected chi connectivity index (χ2v) is 5.24. The van der Waals surface area contributed by atoms with Gasteiger partial charge in [-0.05, 0) is 24.3 Å². The number of nitrogens with two attached hydrogens (primary N) is 1. The van der Waals surface area contributed by atoms with E-state index in [1.165, 1.54) is 11.3 Å². The highest BCUT2D eigenvalue weighted by Crippen LogP contribution is 2.31.